The van der Waals surface area contributed by atoms with Crippen molar-refractivity contribution in [2.75, 3.05) is 0 Å². The minimum absolute atomic E-state index is 0. The van der Waals surface area contributed by atoms with E-state index in [2.05, 4.69) is 111 Å². The number of hydrogen-bond acceptors (Lipinski definition) is 3. The first-order valence-electron chi connectivity index (χ1n) is 16.1. The average Bonchev–Trinajstić information content (AvgIpc) is 3.46. The van der Waals surface area contributed by atoms with Crippen molar-refractivity contribution in [3.8, 4) is 33.6 Å². The van der Waals surface area contributed by atoms with Crippen molar-refractivity contribution in [3.05, 3.63) is 139 Å². The van der Waals surface area contributed by atoms with Gasteiger partial charge in [-0.25, -0.2) is 4.39 Å². The van der Waals surface area contributed by atoms with Gasteiger partial charge >= 0.3 is 0 Å². The molecule has 0 fully saturated rings. The molecule has 0 amide bonds. The fourth-order valence-corrected chi connectivity index (χ4v) is 7.86. The maximum Gasteiger partial charge on any atom is 0.123 e. The topological polar surface area (TPSA) is 25.8 Å². The second-order valence-corrected chi connectivity index (χ2v) is 19.5. The first-order chi connectivity index (χ1) is 22.6. The molecule has 3 heterocycles. The number of aromatic nitrogens is 2. The van der Waals surface area contributed by atoms with Gasteiger partial charge in [0.1, 0.15) is 5.82 Å². The van der Waals surface area contributed by atoms with Crippen molar-refractivity contribution in [2.24, 2.45) is 5.92 Å². The third-order valence-corrected chi connectivity index (χ3v) is 12.0. The van der Waals surface area contributed by atoms with Crippen LogP contribution in [0.2, 0.25) is 19.6 Å². The molecule has 0 spiro atoms. The van der Waals surface area contributed by atoms with E-state index in [0.717, 1.165) is 33.6 Å². The monoisotopic (exact) mass is 843 g/mol. The van der Waals surface area contributed by atoms with E-state index in [1.54, 1.807) is 23.5 Å². The molecule has 1 atom stereocenters. The number of hydrogen-bond donors (Lipinski definition) is 0. The van der Waals surface area contributed by atoms with Crippen LogP contribution in [-0.2, 0) is 20.1 Å². The molecule has 3 aromatic heterocycles. The molecule has 2 nitrogen and oxygen atoms in total. The number of halogens is 1. The van der Waals surface area contributed by atoms with Crippen LogP contribution in [0.5, 0.6) is 0 Å². The number of fused-ring (bicyclic) bond motifs is 3. The molecule has 0 N–H and O–H groups in total. The Balaban J connectivity index is 0.000000224. The predicted molar refractivity (Wildman–Crippen MR) is 202 cm³/mol. The molecule has 7 aromatic rings. The summed E-state index contributed by atoms with van der Waals surface area (Å²) in [6.07, 6.45) is 3.92. The van der Waals surface area contributed by atoms with Crippen LogP contribution in [0.4, 0.5) is 4.39 Å². The van der Waals surface area contributed by atoms with Crippen molar-refractivity contribution in [2.45, 2.75) is 46.3 Å². The molecule has 1 radical (unpaired) electrons. The van der Waals surface area contributed by atoms with Gasteiger partial charge in [-0.15, -0.1) is 59.7 Å². The molecule has 0 aliphatic carbocycles. The number of nitrogens with zero attached hydrogens (tertiary/aromatic N) is 2. The summed E-state index contributed by atoms with van der Waals surface area (Å²) in [5.41, 5.74) is 7.29. The van der Waals surface area contributed by atoms with Crippen LogP contribution in [0.15, 0.2) is 116 Å². The van der Waals surface area contributed by atoms with Gasteiger partial charge in [-0.05, 0) is 73.9 Å². The van der Waals surface area contributed by atoms with Crippen molar-refractivity contribution in [1.29, 1.82) is 0 Å². The molecular weight excluding hydrogens is 804 g/mol. The number of thiophene rings is 1. The summed E-state index contributed by atoms with van der Waals surface area (Å²) < 4.78 is 16.1. The normalized spacial score (nSPS) is 12.0. The SMILES string of the molecule is CC(C)C(C)c1ccnc(-c2[c-]ccc3c2sc2cc(-c4cccc(F)c4)ccc23)c1.C[Si](C)(C)c1ccc(-c2[c-]cccc2)nc1.[Ir]. The van der Waals surface area contributed by atoms with E-state index in [0.29, 0.717) is 11.8 Å². The van der Waals surface area contributed by atoms with Gasteiger partial charge in [0.2, 0.25) is 0 Å². The van der Waals surface area contributed by atoms with Gasteiger partial charge in [0, 0.05) is 37.2 Å². The van der Waals surface area contributed by atoms with Gasteiger partial charge in [-0.2, -0.15) is 11.3 Å². The Morgan fingerprint density at radius 2 is 1.54 bits per heavy atom. The summed E-state index contributed by atoms with van der Waals surface area (Å²) in [4.78, 5) is 9.20. The zero-order valence-corrected chi connectivity index (χ0v) is 32.3. The fourth-order valence-electron chi connectivity index (χ4n) is 5.58. The van der Waals surface area contributed by atoms with Crippen molar-refractivity contribution in [3.63, 3.8) is 0 Å². The molecule has 7 rings (SSSR count). The zero-order chi connectivity index (χ0) is 33.1. The minimum Gasteiger partial charge on any atom is -0.305 e. The molecular formula is C42H39FIrN2SSi-2. The summed E-state index contributed by atoms with van der Waals surface area (Å²) in [7, 11) is -1.23. The van der Waals surface area contributed by atoms with E-state index >= 15 is 0 Å². The Labute approximate surface area is 302 Å². The smallest absolute Gasteiger partial charge is 0.123 e. The number of rotatable bonds is 6. The van der Waals surface area contributed by atoms with E-state index in [-0.39, 0.29) is 25.9 Å². The van der Waals surface area contributed by atoms with Crippen LogP contribution in [-0.4, -0.2) is 18.0 Å². The second kappa shape index (κ2) is 15.2. The minimum atomic E-state index is -1.23. The molecule has 0 aliphatic heterocycles. The molecule has 0 saturated carbocycles. The predicted octanol–water partition coefficient (Wildman–Crippen LogP) is 11.6. The van der Waals surface area contributed by atoms with E-state index in [1.165, 1.54) is 37.0 Å². The van der Waals surface area contributed by atoms with Crippen LogP contribution in [0.1, 0.15) is 32.3 Å². The van der Waals surface area contributed by atoms with Gasteiger partial charge in [-0.1, -0.05) is 93.8 Å². The summed E-state index contributed by atoms with van der Waals surface area (Å²) in [6.45, 7) is 13.8. The van der Waals surface area contributed by atoms with E-state index in [1.807, 2.05) is 48.8 Å². The first kappa shape index (κ1) is 35.5. The van der Waals surface area contributed by atoms with Crippen molar-refractivity contribution >= 4 is 44.8 Å². The molecule has 0 aliphatic rings. The second-order valence-electron chi connectivity index (χ2n) is 13.4. The van der Waals surface area contributed by atoms with Crippen LogP contribution in [0.25, 0.3) is 53.8 Å². The Hall–Kier alpha value is -3.80. The van der Waals surface area contributed by atoms with Gasteiger partial charge in [-0.3, -0.25) is 0 Å². The quantitative estimate of drug-likeness (QED) is 0.123. The van der Waals surface area contributed by atoms with Crippen LogP contribution in [0.3, 0.4) is 0 Å². The van der Waals surface area contributed by atoms with Gasteiger partial charge < -0.3 is 9.97 Å². The maximum atomic E-state index is 13.7. The van der Waals surface area contributed by atoms with Gasteiger partial charge in [0.25, 0.3) is 0 Å². The number of pyridine rings is 2. The Bertz CT molecular complexity index is 2140. The molecule has 0 saturated heterocycles. The summed E-state index contributed by atoms with van der Waals surface area (Å²) in [6, 6.07) is 40.4. The van der Waals surface area contributed by atoms with E-state index < -0.39 is 8.07 Å². The number of benzene rings is 4. The zero-order valence-electron chi connectivity index (χ0n) is 28.1. The molecule has 48 heavy (non-hydrogen) atoms. The van der Waals surface area contributed by atoms with E-state index in [9.17, 15) is 4.39 Å². The van der Waals surface area contributed by atoms with Crippen LogP contribution in [0, 0.1) is 23.9 Å². The van der Waals surface area contributed by atoms with Gasteiger partial charge in [0.05, 0.1) is 8.07 Å². The summed E-state index contributed by atoms with van der Waals surface area (Å²) in [5, 5.41) is 3.82. The van der Waals surface area contributed by atoms with Gasteiger partial charge in [0.15, 0.2) is 0 Å². The largest absolute Gasteiger partial charge is 0.305 e. The molecule has 0 bridgehead atoms. The summed E-state index contributed by atoms with van der Waals surface area (Å²) >= 11 is 1.75. The van der Waals surface area contributed by atoms with Crippen LogP contribution >= 0.6 is 11.3 Å². The maximum absolute atomic E-state index is 13.7. The van der Waals surface area contributed by atoms with Crippen molar-refractivity contribution < 1.29 is 24.5 Å². The molecule has 4 aromatic carbocycles. The van der Waals surface area contributed by atoms with E-state index in [4.69, 9.17) is 0 Å². The average molecular weight is 843 g/mol. The Morgan fingerprint density at radius 1 is 0.729 bits per heavy atom. The standard InChI is InChI=1S/C28H23FNS.C14H16NSi.Ir/c1-17(2)18(3)19-12-13-30-26(15-19)25-9-5-8-24-23-11-10-21(16-27(23)31-28(24)25)20-6-4-7-22(29)14-20;1-16(2,3)13-9-10-14(15-11-13)12-7-5-4-6-8-12;/h4-8,10-18H,1-3H3;4-7,9-11H,1-3H3;/q2*-1;. The molecule has 6 heteroatoms. The van der Waals surface area contributed by atoms with Crippen LogP contribution < -0.4 is 5.19 Å². The summed E-state index contributed by atoms with van der Waals surface area (Å²) in [5.74, 6) is 0.824. The third-order valence-electron chi connectivity index (χ3n) is 8.77. The van der Waals surface area contributed by atoms with Crippen molar-refractivity contribution in [1.82, 2.24) is 9.97 Å². The molecule has 1 unspecified atom stereocenters. The fraction of sp³-hybridized carbons (Fsp3) is 0.190. The molecule has 245 valence electrons. The first-order valence-corrected chi connectivity index (χ1v) is 20.4. The Morgan fingerprint density at radius 3 is 2.23 bits per heavy atom. The third kappa shape index (κ3) is 7.90. The Kier molecular flexibility index (Phi) is 11.2.